The molecule has 2 atom stereocenters. The summed E-state index contributed by atoms with van der Waals surface area (Å²) in [4.78, 5) is 26.0. The Kier molecular flexibility index (Phi) is 6.45. The summed E-state index contributed by atoms with van der Waals surface area (Å²) in [6.07, 6.45) is 1.48. The first-order chi connectivity index (χ1) is 13.7. The Morgan fingerprint density at radius 1 is 1.17 bits per heavy atom. The molecule has 1 aromatic rings. The Labute approximate surface area is 170 Å². The second-order valence-electron chi connectivity index (χ2n) is 7.48. The summed E-state index contributed by atoms with van der Waals surface area (Å²) in [6.45, 7) is 5.33. The lowest BCUT2D eigenvalue weighted by atomic mass is 10.2. The van der Waals surface area contributed by atoms with Crippen LogP contribution in [-0.2, 0) is 19.6 Å². The zero-order chi connectivity index (χ0) is 21.2. The Balaban J connectivity index is 1.74. The van der Waals surface area contributed by atoms with Gasteiger partial charge in [0.1, 0.15) is 5.75 Å². The lowest BCUT2D eigenvalue weighted by Crippen LogP contribution is -2.49. The van der Waals surface area contributed by atoms with E-state index in [1.54, 1.807) is 4.90 Å². The van der Waals surface area contributed by atoms with Crippen molar-refractivity contribution in [3.8, 4) is 5.75 Å². The summed E-state index contributed by atoms with van der Waals surface area (Å²) in [5, 5.41) is 0. The van der Waals surface area contributed by atoms with E-state index in [0.29, 0.717) is 26.2 Å². The van der Waals surface area contributed by atoms with Gasteiger partial charge in [-0.25, -0.2) is 8.42 Å². The van der Waals surface area contributed by atoms with Gasteiger partial charge in [0.2, 0.25) is 10.0 Å². The molecule has 2 N–H and O–H groups in total. The second kappa shape index (κ2) is 8.68. The highest BCUT2D eigenvalue weighted by molar-refractivity contribution is 7.89. The van der Waals surface area contributed by atoms with Gasteiger partial charge in [-0.1, -0.05) is 0 Å². The van der Waals surface area contributed by atoms with Crippen molar-refractivity contribution in [3.63, 3.8) is 0 Å². The number of nitrogens with two attached hydrogens (primary N) is 1. The van der Waals surface area contributed by atoms with Gasteiger partial charge in [0.25, 0.3) is 11.8 Å². The first kappa shape index (κ1) is 21.5. The molecular formula is C19H27N3O6S. The third kappa shape index (κ3) is 4.88. The number of hydrogen-bond donors (Lipinski definition) is 1. The Hall–Kier alpha value is -2.17. The number of nitrogens with zero attached hydrogens (tertiary/aromatic N) is 2. The molecule has 160 valence electrons. The molecule has 10 heteroatoms. The molecule has 2 fully saturated rings. The van der Waals surface area contributed by atoms with Crippen molar-refractivity contribution in [1.29, 1.82) is 0 Å². The molecule has 0 spiro atoms. The maximum absolute atomic E-state index is 12.7. The molecule has 0 aliphatic carbocycles. The Bertz CT molecular complexity index is 872. The van der Waals surface area contributed by atoms with Crippen LogP contribution in [0.1, 0.15) is 37.0 Å². The first-order valence-electron chi connectivity index (χ1n) is 9.68. The van der Waals surface area contributed by atoms with Crippen LogP contribution in [0.3, 0.4) is 0 Å². The molecule has 29 heavy (non-hydrogen) atoms. The van der Waals surface area contributed by atoms with Gasteiger partial charge in [0.15, 0.2) is 6.61 Å². The molecule has 2 aliphatic rings. The van der Waals surface area contributed by atoms with Crippen molar-refractivity contribution in [2.24, 2.45) is 5.73 Å². The maximum Gasteiger partial charge on any atom is 0.260 e. The lowest BCUT2D eigenvalue weighted by Gasteiger charge is -2.35. The van der Waals surface area contributed by atoms with Gasteiger partial charge in [-0.2, -0.15) is 4.31 Å². The third-order valence-corrected chi connectivity index (χ3v) is 6.94. The van der Waals surface area contributed by atoms with E-state index >= 15 is 0 Å². The quantitative estimate of drug-likeness (QED) is 0.712. The van der Waals surface area contributed by atoms with Crippen molar-refractivity contribution in [2.75, 3.05) is 32.8 Å². The number of sulfonamides is 1. The summed E-state index contributed by atoms with van der Waals surface area (Å²) >= 11 is 0. The van der Waals surface area contributed by atoms with Crippen LogP contribution in [-0.4, -0.2) is 74.4 Å². The standard InChI is InChI=1S/C19H27N3O6S/c1-13-10-21(11-14(2)28-13)18(23)12-27-17-6-5-15(9-16(17)19(20)24)29(25,26)22-7-3-4-8-22/h5-6,9,13-14H,3-4,7-8,10-12H2,1-2H3,(H2,20,24)/t13-,14+. The van der Waals surface area contributed by atoms with Crippen molar-refractivity contribution in [3.05, 3.63) is 23.8 Å². The van der Waals surface area contributed by atoms with Crippen LogP contribution in [0.2, 0.25) is 0 Å². The van der Waals surface area contributed by atoms with E-state index in [2.05, 4.69) is 0 Å². The topological polar surface area (TPSA) is 119 Å². The molecule has 2 heterocycles. The van der Waals surface area contributed by atoms with Crippen LogP contribution in [0.5, 0.6) is 5.75 Å². The van der Waals surface area contributed by atoms with Gasteiger partial charge in [-0.15, -0.1) is 0 Å². The molecule has 0 saturated carbocycles. The van der Waals surface area contributed by atoms with Crippen LogP contribution in [0.15, 0.2) is 23.1 Å². The summed E-state index contributed by atoms with van der Waals surface area (Å²) in [5.41, 5.74) is 5.36. The molecule has 0 bridgehead atoms. The molecule has 2 amide bonds. The van der Waals surface area contributed by atoms with Gasteiger partial charge in [-0.3, -0.25) is 9.59 Å². The fourth-order valence-corrected chi connectivity index (χ4v) is 5.22. The smallest absolute Gasteiger partial charge is 0.260 e. The van der Waals surface area contributed by atoms with Gasteiger partial charge in [-0.05, 0) is 44.9 Å². The highest BCUT2D eigenvalue weighted by Gasteiger charge is 2.29. The molecule has 2 saturated heterocycles. The van der Waals surface area contributed by atoms with Crippen LogP contribution in [0.25, 0.3) is 0 Å². The molecule has 2 aliphatic heterocycles. The Morgan fingerprint density at radius 3 is 2.38 bits per heavy atom. The first-order valence-corrected chi connectivity index (χ1v) is 11.1. The average molecular weight is 426 g/mol. The fourth-order valence-electron chi connectivity index (χ4n) is 3.68. The summed E-state index contributed by atoms with van der Waals surface area (Å²) in [7, 11) is -3.69. The normalized spacial score (nSPS) is 23.2. The number of hydrogen-bond acceptors (Lipinski definition) is 6. The van der Waals surface area contributed by atoms with Gasteiger partial charge in [0, 0.05) is 26.2 Å². The number of carbonyl (C=O) groups excluding carboxylic acids is 2. The number of primary amides is 1. The minimum Gasteiger partial charge on any atom is -0.483 e. The van der Waals surface area contributed by atoms with E-state index in [1.165, 1.54) is 22.5 Å². The minimum atomic E-state index is -3.69. The average Bonchev–Trinajstić information content (AvgIpc) is 3.20. The zero-order valence-electron chi connectivity index (χ0n) is 16.7. The number of ether oxygens (including phenoxy) is 2. The predicted octanol–water partition coefficient (Wildman–Crippen LogP) is 0.585. The lowest BCUT2D eigenvalue weighted by molar-refractivity contribution is -0.145. The van der Waals surface area contributed by atoms with Crippen LogP contribution < -0.4 is 10.5 Å². The van der Waals surface area contributed by atoms with Gasteiger partial charge >= 0.3 is 0 Å². The molecular weight excluding hydrogens is 398 g/mol. The predicted molar refractivity (Wildman–Crippen MR) is 105 cm³/mol. The van der Waals surface area contributed by atoms with Gasteiger partial charge in [0.05, 0.1) is 22.7 Å². The number of morpholine rings is 1. The van der Waals surface area contributed by atoms with E-state index in [9.17, 15) is 18.0 Å². The molecule has 0 radical (unpaired) electrons. The van der Waals surface area contributed by atoms with E-state index < -0.39 is 15.9 Å². The van der Waals surface area contributed by atoms with Crippen molar-refractivity contribution >= 4 is 21.8 Å². The largest absolute Gasteiger partial charge is 0.483 e. The van der Waals surface area contributed by atoms with E-state index in [-0.39, 0.29) is 40.9 Å². The van der Waals surface area contributed by atoms with Crippen molar-refractivity contribution in [2.45, 2.75) is 43.8 Å². The van der Waals surface area contributed by atoms with E-state index in [4.69, 9.17) is 15.2 Å². The van der Waals surface area contributed by atoms with Crippen LogP contribution in [0, 0.1) is 0 Å². The summed E-state index contributed by atoms with van der Waals surface area (Å²) in [5.74, 6) is -0.976. The molecule has 9 nitrogen and oxygen atoms in total. The zero-order valence-corrected chi connectivity index (χ0v) is 17.5. The molecule has 0 aromatic heterocycles. The number of amides is 2. The fraction of sp³-hybridized carbons (Fsp3) is 0.579. The Morgan fingerprint density at radius 2 is 1.79 bits per heavy atom. The SMILES string of the molecule is C[C@@H]1CN(C(=O)COc2ccc(S(=O)(=O)N3CCCC3)cc2C(N)=O)C[C@H](C)O1. The maximum atomic E-state index is 12.7. The van der Waals surface area contributed by atoms with Gasteiger partial charge < -0.3 is 20.1 Å². The highest BCUT2D eigenvalue weighted by atomic mass is 32.2. The van der Waals surface area contributed by atoms with E-state index in [1.807, 2.05) is 13.8 Å². The van der Waals surface area contributed by atoms with Crippen molar-refractivity contribution < 1.29 is 27.5 Å². The molecule has 3 rings (SSSR count). The van der Waals surface area contributed by atoms with Crippen LogP contribution >= 0.6 is 0 Å². The monoisotopic (exact) mass is 425 g/mol. The minimum absolute atomic E-state index is 0.0114. The number of rotatable bonds is 6. The second-order valence-corrected chi connectivity index (χ2v) is 9.42. The summed E-state index contributed by atoms with van der Waals surface area (Å²) in [6, 6.07) is 3.97. The highest BCUT2D eigenvalue weighted by Crippen LogP contribution is 2.26. The van der Waals surface area contributed by atoms with E-state index in [0.717, 1.165) is 12.8 Å². The third-order valence-electron chi connectivity index (χ3n) is 5.04. The molecule has 0 unspecified atom stereocenters. The van der Waals surface area contributed by atoms with Crippen LogP contribution in [0.4, 0.5) is 0 Å². The van der Waals surface area contributed by atoms with Crippen molar-refractivity contribution in [1.82, 2.24) is 9.21 Å². The molecule has 1 aromatic carbocycles. The number of carbonyl (C=O) groups is 2. The number of benzene rings is 1. The summed E-state index contributed by atoms with van der Waals surface area (Å²) < 4.78 is 38.0.